The van der Waals surface area contributed by atoms with E-state index in [0.717, 1.165) is 3.57 Å². The van der Waals surface area contributed by atoms with Crippen molar-refractivity contribution in [3.8, 4) is 0 Å². The van der Waals surface area contributed by atoms with Crippen LogP contribution in [0.2, 0.25) is 5.02 Å². The van der Waals surface area contributed by atoms with Gasteiger partial charge in [-0.25, -0.2) is 14.4 Å². The van der Waals surface area contributed by atoms with Crippen LogP contribution in [0.3, 0.4) is 0 Å². The number of benzene rings is 1. The van der Waals surface area contributed by atoms with Crippen LogP contribution in [-0.2, 0) is 0 Å². The zero-order valence-electron chi connectivity index (χ0n) is 7.92. The lowest BCUT2D eigenvalue weighted by atomic mass is 10.3. The average molecular weight is 350 g/mol. The predicted octanol–water partition coefficient (Wildman–Crippen LogP) is 3.62. The highest BCUT2D eigenvalue weighted by Gasteiger charge is 2.02. The summed E-state index contributed by atoms with van der Waals surface area (Å²) in [6, 6.07) is 4.35. The quantitative estimate of drug-likeness (QED) is 0.842. The van der Waals surface area contributed by atoms with Crippen LogP contribution in [0.25, 0.3) is 0 Å². The minimum atomic E-state index is -0.448. The number of anilines is 2. The van der Waals surface area contributed by atoms with Crippen LogP contribution < -0.4 is 5.32 Å². The summed E-state index contributed by atoms with van der Waals surface area (Å²) in [5, 5.41) is 2.99. The number of hydrogen-bond acceptors (Lipinski definition) is 3. The Kier molecular flexibility index (Phi) is 3.55. The van der Waals surface area contributed by atoms with E-state index in [1.165, 1.54) is 12.1 Å². The van der Waals surface area contributed by atoms with E-state index in [9.17, 15) is 4.39 Å². The minimum absolute atomic E-state index is 0.0653. The molecule has 2 aromatic rings. The second-order valence-corrected chi connectivity index (χ2v) is 4.63. The summed E-state index contributed by atoms with van der Waals surface area (Å²) in [6.07, 6.45) is 3.36. The second-order valence-electron chi connectivity index (χ2n) is 2.98. The molecule has 82 valence electrons. The molecular weight excluding hydrogens is 343 g/mol. The summed E-state index contributed by atoms with van der Waals surface area (Å²) in [4.78, 5) is 8.12. The molecule has 3 nitrogen and oxygen atoms in total. The van der Waals surface area contributed by atoms with Crippen molar-refractivity contribution < 1.29 is 4.39 Å². The standard InChI is InChI=1S/C10H6ClFIN3/c11-8-3-7(1-2-9(8)12)16-10-14-4-6(13)5-15-10/h1-5H,(H,14,15,16). The summed E-state index contributed by atoms with van der Waals surface area (Å²) < 4.78 is 13.8. The Bertz CT molecular complexity index is 504. The maximum Gasteiger partial charge on any atom is 0.227 e. The summed E-state index contributed by atoms with van der Waals surface area (Å²) in [5.74, 6) is -0.00108. The number of halogens is 3. The highest BCUT2D eigenvalue weighted by Crippen LogP contribution is 2.21. The monoisotopic (exact) mass is 349 g/mol. The van der Waals surface area contributed by atoms with Gasteiger partial charge in [-0.15, -0.1) is 0 Å². The van der Waals surface area contributed by atoms with Crippen LogP contribution in [0, 0.1) is 9.39 Å². The van der Waals surface area contributed by atoms with E-state index in [-0.39, 0.29) is 5.02 Å². The topological polar surface area (TPSA) is 37.8 Å². The van der Waals surface area contributed by atoms with Gasteiger partial charge in [0.05, 0.1) is 5.02 Å². The van der Waals surface area contributed by atoms with Gasteiger partial charge >= 0.3 is 0 Å². The highest BCUT2D eigenvalue weighted by molar-refractivity contribution is 14.1. The molecule has 0 unspecified atom stereocenters. The first-order valence-electron chi connectivity index (χ1n) is 4.35. The van der Waals surface area contributed by atoms with E-state index in [1.54, 1.807) is 18.5 Å². The fourth-order valence-corrected chi connectivity index (χ4v) is 1.54. The number of hydrogen-bond donors (Lipinski definition) is 1. The number of aromatic nitrogens is 2. The van der Waals surface area contributed by atoms with Gasteiger partial charge in [-0.3, -0.25) is 0 Å². The van der Waals surface area contributed by atoms with Crippen molar-refractivity contribution in [2.75, 3.05) is 5.32 Å². The maximum atomic E-state index is 12.9. The lowest BCUT2D eigenvalue weighted by Gasteiger charge is -2.04. The zero-order valence-corrected chi connectivity index (χ0v) is 10.8. The predicted molar refractivity (Wildman–Crippen MR) is 69.4 cm³/mol. The van der Waals surface area contributed by atoms with Gasteiger partial charge in [0.25, 0.3) is 0 Å². The van der Waals surface area contributed by atoms with Gasteiger partial charge in [0.15, 0.2) is 0 Å². The Morgan fingerprint density at radius 2 is 1.94 bits per heavy atom. The summed E-state index contributed by atoms with van der Waals surface area (Å²) in [7, 11) is 0. The molecule has 6 heteroatoms. The molecule has 0 radical (unpaired) electrons. The first-order chi connectivity index (χ1) is 7.65. The molecule has 0 spiro atoms. The van der Waals surface area contributed by atoms with Crippen molar-refractivity contribution in [3.63, 3.8) is 0 Å². The molecule has 0 aliphatic carbocycles. The second kappa shape index (κ2) is 4.92. The summed E-state index contributed by atoms with van der Waals surface area (Å²) in [6.45, 7) is 0. The van der Waals surface area contributed by atoms with Crippen molar-refractivity contribution in [1.82, 2.24) is 9.97 Å². The Labute approximate surface area is 110 Å². The number of nitrogens with one attached hydrogen (secondary N) is 1. The van der Waals surface area contributed by atoms with Crippen LogP contribution >= 0.6 is 34.2 Å². The van der Waals surface area contributed by atoms with Gasteiger partial charge < -0.3 is 5.32 Å². The largest absolute Gasteiger partial charge is 0.324 e. The van der Waals surface area contributed by atoms with Gasteiger partial charge in [0.2, 0.25) is 5.95 Å². The average Bonchev–Trinajstić information content (AvgIpc) is 2.27. The molecule has 16 heavy (non-hydrogen) atoms. The molecule has 0 atom stereocenters. The van der Waals surface area contributed by atoms with Crippen molar-refractivity contribution in [2.24, 2.45) is 0 Å². The van der Waals surface area contributed by atoms with Crippen molar-refractivity contribution in [2.45, 2.75) is 0 Å². The summed E-state index contributed by atoms with van der Waals surface area (Å²) in [5.41, 5.74) is 0.646. The molecule has 1 aromatic carbocycles. The van der Waals surface area contributed by atoms with Gasteiger partial charge in [0.1, 0.15) is 5.82 Å². The van der Waals surface area contributed by atoms with E-state index in [4.69, 9.17) is 11.6 Å². The molecule has 0 bridgehead atoms. The SMILES string of the molecule is Fc1ccc(Nc2ncc(I)cn2)cc1Cl. The van der Waals surface area contributed by atoms with Crippen LogP contribution in [0.5, 0.6) is 0 Å². The molecule has 0 aliphatic heterocycles. The van der Waals surface area contributed by atoms with E-state index < -0.39 is 5.82 Å². The van der Waals surface area contributed by atoms with Crippen LogP contribution in [0.1, 0.15) is 0 Å². The molecule has 0 saturated carbocycles. The fourth-order valence-electron chi connectivity index (χ4n) is 1.08. The van der Waals surface area contributed by atoms with Gasteiger partial charge in [-0.05, 0) is 40.8 Å². The first-order valence-corrected chi connectivity index (χ1v) is 5.80. The zero-order chi connectivity index (χ0) is 11.5. The summed E-state index contributed by atoms with van der Waals surface area (Å²) >= 11 is 7.76. The van der Waals surface area contributed by atoms with Crippen LogP contribution in [0.4, 0.5) is 16.0 Å². The van der Waals surface area contributed by atoms with E-state index >= 15 is 0 Å². The number of rotatable bonds is 2. The Balaban J connectivity index is 2.20. The molecule has 0 saturated heterocycles. The molecule has 0 aliphatic rings. The van der Waals surface area contributed by atoms with Crippen molar-refractivity contribution in [3.05, 3.63) is 45.0 Å². The molecular formula is C10H6ClFIN3. The fraction of sp³-hybridized carbons (Fsp3) is 0. The smallest absolute Gasteiger partial charge is 0.227 e. The highest BCUT2D eigenvalue weighted by atomic mass is 127. The Morgan fingerprint density at radius 1 is 1.25 bits per heavy atom. The lowest BCUT2D eigenvalue weighted by Crippen LogP contribution is -1.96. The normalized spacial score (nSPS) is 10.2. The van der Waals surface area contributed by atoms with E-state index in [1.807, 2.05) is 0 Å². The molecule has 1 aromatic heterocycles. The molecule has 0 fully saturated rings. The maximum absolute atomic E-state index is 12.9. The van der Waals surface area contributed by atoms with Crippen molar-refractivity contribution in [1.29, 1.82) is 0 Å². The lowest BCUT2D eigenvalue weighted by molar-refractivity contribution is 0.628. The van der Waals surface area contributed by atoms with Gasteiger partial charge in [0, 0.05) is 21.7 Å². The molecule has 1 N–H and O–H groups in total. The van der Waals surface area contributed by atoms with E-state index in [0.29, 0.717) is 11.6 Å². The van der Waals surface area contributed by atoms with Gasteiger partial charge in [-0.1, -0.05) is 11.6 Å². The Hall–Kier alpha value is -0.950. The van der Waals surface area contributed by atoms with Crippen molar-refractivity contribution >= 4 is 45.8 Å². The molecule has 0 amide bonds. The minimum Gasteiger partial charge on any atom is -0.324 e. The molecule has 1 heterocycles. The number of nitrogens with zero attached hydrogens (tertiary/aromatic N) is 2. The van der Waals surface area contributed by atoms with Crippen LogP contribution in [-0.4, -0.2) is 9.97 Å². The van der Waals surface area contributed by atoms with Gasteiger partial charge in [-0.2, -0.15) is 0 Å². The Morgan fingerprint density at radius 3 is 2.56 bits per heavy atom. The van der Waals surface area contributed by atoms with E-state index in [2.05, 4.69) is 37.9 Å². The first kappa shape index (κ1) is 11.5. The third kappa shape index (κ3) is 2.79. The third-order valence-corrected chi connectivity index (χ3v) is 2.64. The third-order valence-electron chi connectivity index (χ3n) is 1.80. The molecule has 2 rings (SSSR count). The van der Waals surface area contributed by atoms with Crippen LogP contribution in [0.15, 0.2) is 30.6 Å².